The predicted octanol–water partition coefficient (Wildman–Crippen LogP) is 6.13. The summed E-state index contributed by atoms with van der Waals surface area (Å²) in [5.41, 5.74) is 2.02. The van der Waals surface area contributed by atoms with E-state index in [-0.39, 0.29) is 6.61 Å². The first kappa shape index (κ1) is 22.3. The van der Waals surface area contributed by atoms with Crippen LogP contribution in [0.15, 0.2) is 121 Å². The first-order valence-electron chi connectivity index (χ1n) is 10.9. The van der Waals surface area contributed by atoms with Crippen LogP contribution in [-0.4, -0.2) is 13.1 Å². The van der Waals surface area contributed by atoms with Crippen molar-refractivity contribution in [3.8, 4) is 0 Å². The van der Waals surface area contributed by atoms with Gasteiger partial charge in [-0.05, 0) is 28.8 Å². The van der Waals surface area contributed by atoms with Crippen LogP contribution in [0.4, 0.5) is 5.69 Å². The summed E-state index contributed by atoms with van der Waals surface area (Å²) in [6, 6.07) is 38.5. The van der Waals surface area contributed by atoms with Crippen molar-refractivity contribution >= 4 is 11.7 Å². The molecule has 4 rings (SSSR count). The summed E-state index contributed by atoms with van der Waals surface area (Å²) in [6.07, 6.45) is 0. The highest BCUT2D eigenvalue weighted by atomic mass is 16.6. The summed E-state index contributed by atoms with van der Waals surface area (Å²) < 4.78 is 12.0. The van der Waals surface area contributed by atoms with Gasteiger partial charge < -0.3 is 14.8 Å². The Morgan fingerprint density at radius 2 is 1.27 bits per heavy atom. The minimum absolute atomic E-state index is 0.241. The molecule has 0 saturated heterocycles. The largest absolute Gasteiger partial charge is 0.467 e. The number of methoxy groups -OCH3 is 1. The zero-order chi connectivity index (χ0) is 22.9. The van der Waals surface area contributed by atoms with Crippen LogP contribution in [0.25, 0.3) is 0 Å². The number of rotatable bonds is 9. The minimum Gasteiger partial charge on any atom is -0.467 e. The number of nitrogens with one attached hydrogen (secondary N) is 1. The molecule has 0 fully saturated rings. The van der Waals surface area contributed by atoms with E-state index >= 15 is 0 Å². The zero-order valence-electron chi connectivity index (χ0n) is 18.6. The lowest BCUT2D eigenvalue weighted by Crippen LogP contribution is -2.48. The third-order valence-corrected chi connectivity index (χ3v) is 5.62. The number of anilines is 1. The summed E-state index contributed by atoms with van der Waals surface area (Å²) in [4.78, 5) is 13.7. The van der Waals surface area contributed by atoms with Crippen molar-refractivity contribution in [1.29, 1.82) is 0 Å². The molecular formula is C29H27NO3. The lowest BCUT2D eigenvalue weighted by Gasteiger charge is -2.39. The maximum Gasteiger partial charge on any atom is 0.345 e. The van der Waals surface area contributed by atoms with Crippen molar-refractivity contribution < 1.29 is 14.3 Å². The van der Waals surface area contributed by atoms with Gasteiger partial charge in [-0.25, -0.2) is 4.79 Å². The number of carbonyl (C=O) groups excluding carboxylic acids is 1. The van der Waals surface area contributed by atoms with Crippen molar-refractivity contribution in [1.82, 2.24) is 0 Å². The lowest BCUT2D eigenvalue weighted by molar-refractivity contribution is -0.177. The summed E-state index contributed by atoms with van der Waals surface area (Å²) in [7, 11) is 1.40. The Hall–Kier alpha value is -3.89. The Morgan fingerprint density at radius 1 is 0.758 bits per heavy atom. The first-order valence-corrected chi connectivity index (χ1v) is 10.9. The molecule has 0 aliphatic carbocycles. The molecule has 0 heterocycles. The van der Waals surface area contributed by atoms with Crippen LogP contribution >= 0.6 is 0 Å². The Balaban J connectivity index is 1.89. The summed E-state index contributed by atoms with van der Waals surface area (Å²) in [6.45, 7) is 0.241. The van der Waals surface area contributed by atoms with Gasteiger partial charge in [-0.2, -0.15) is 0 Å². The Morgan fingerprint density at radius 3 is 1.85 bits per heavy atom. The van der Waals surface area contributed by atoms with Gasteiger partial charge in [-0.15, -0.1) is 0 Å². The standard InChI is InChI=1S/C29H27NO3/c1-32-28(31)29(25-18-10-4-11-19-25,33-22-23-14-6-2-7-15-23)27(24-16-8-3-9-17-24)30-26-20-12-5-13-21-26/h2-21,27,30H,22H2,1H3. The summed E-state index contributed by atoms with van der Waals surface area (Å²) in [5.74, 6) is -0.470. The van der Waals surface area contributed by atoms with Gasteiger partial charge in [0.25, 0.3) is 0 Å². The average Bonchev–Trinajstić information content (AvgIpc) is 2.90. The van der Waals surface area contributed by atoms with Crippen molar-refractivity contribution in [3.63, 3.8) is 0 Å². The molecule has 0 aliphatic rings. The first-order chi connectivity index (χ1) is 16.2. The second-order valence-electron chi connectivity index (χ2n) is 7.72. The maximum absolute atomic E-state index is 13.7. The molecule has 0 bridgehead atoms. The molecular weight excluding hydrogens is 410 g/mol. The second kappa shape index (κ2) is 10.6. The molecule has 4 aromatic carbocycles. The van der Waals surface area contributed by atoms with E-state index in [9.17, 15) is 4.79 Å². The highest BCUT2D eigenvalue weighted by Crippen LogP contribution is 2.43. The molecule has 0 aromatic heterocycles. The van der Waals surface area contributed by atoms with Gasteiger partial charge in [0, 0.05) is 5.69 Å². The smallest absolute Gasteiger partial charge is 0.345 e. The third-order valence-electron chi connectivity index (χ3n) is 5.62. The molecule has 1 N–H and O–H groups in total. The van der Waals surface area contributed by atoms with E-state index in [2.05, 4.69) is 5.32 Å². The predicted molar refractivity (Wildman–Crippen MR) is 131 cm³/mol. The fourth-order valence-electron chi connectivity index (χ4n) is 4.00. The molecule has 166 valence electrons. The average molecular weight is 438 g/mol. The maximum atomic E-state index is 13.7. The minimum atomic E-state index is -1.44. The molecule has 33 heavy (non-hydrogen) atoms. The van der Waals surface area contributed by atoms with Crippen LogP contribution < -0.4 is 5.32 Å². The monoisotopic (exact) mass is 437 g/mol. The molecule has 0 aliphatic heterocycles. The van der Waals surface area contributed by atoms with E-state index < -0.39 is 17.6 Å². The molecule has 2 unspecified atom stereocenters. The fourth-order valence-corrected chi connectivity index (χ4v) is 4.00. The number of benzene rings is 4. The van der Waals surface area contributed by atoms with E-state index in [1.165, 1.54) is 7.11 Å². The SMILES string of the molecule is COC(=O)C(OCc1ccccc1)(c1ccccc1)C(Nc1ccccc1)c1ccccc1. The number of para-hydroxylation sites is 1. The van der Waals surface area contributed by atoms with Gasteiger partial charge in [0.2, 0.25) is 5.60 Å². The van der Waals surface area contributed by atoms with Crippen LogP contribution in [0.1, 0.15) is 22.7 Å². The number of esters is 1. The summed E-state index contributed by atoms with van der Waals surface area (Å²) in [5, 5.41) is 3.56. The molecule has 0 amide bonds. The summed E-state index contributed by atoms with van der Waals surface area (Å²) >= 11 is 0. The zero-order valence-corrected chi connectivity index (χ0v) is 18.6. The Kier molecular flexibility index (Phi) is 7.18. The van der Waals surface area contributed by atoms with Gasteiger partial charge in [0.15, 0.2) is 0 Å². The normalized spacial score (nSPS) is 13.5. The van der Waals surface area contributed by atoms with E-state index in [0.717, 1.165) is 16.8 Å². The molecule has 2 atom stereocenters. The molecule has 0 spiro atoms. The van der Waals surface area contributed by atoms with E-state index in [0.29, 0.717) is 5.56 Å². The van der Waals surface area contributed by atoms with Gasteiger partial charge in [0.05, 0.1) is 19.8 Å². The molecule has 4 aromatic rings. The van der Waals surface area contributed by atoms with Gasteiger partial charge >= 0.3 is 5.97 Å². The van der Waals surface area contributed by atoms with Crippen LogP contribution in [0, 0.1) is 0 Å². The van der Waals surface area contributed by atoms with Crippen molar-refractivity contribution in [3.05, 3.63) is 138 Å². The van der Waals surface area contributed by atoms with Crippen LogP contribution in [0.5, 0.6) is 0 Å². The lowest BCUT2D eigenvalue weighted by atomic mass is 9.81. The van der Waals surface area contributed by atoms with Crippen LogP contribution in [0.3, 0.4) is 0 Å². The highest BCUT2D eigenvalue weighted by molar-refractivity contribution is 5.83. The molecule has 0 saturated carbocycles. The third kappa shape index (κ3) is 4.97. The van der Waals surface area contributed by atoms with Gasteiger partial charge in [-0.1, -0.05) is 109 Å². The number of hydrogen-bond donors (Lipinski definition) is 1. The quantitative estimate of drug-likeness (QED) is 0.320. The van der Waals surface area contributed by atoms with E-state index in [1.807, 2.05) is 121 Å². The van der Waals surface area contributed by atoms with Crippen LogP contribution in [-0.2, 0) is 26.5 Å². The van der Waals surface area contributed by atoms with E-state index in [1.54, 1.807) is 0 Å². The van der Waals surface area contributed by atoms with Crippen molar-refractivity contribution in [2.45, 2.75) is 18.2 Å². The van der Waals surface area contributed by atoms with Gasteiger partial charge in [-0.3, -0.25) is 0 Å². The topological polar surface area (TPSA) is 47.6 Å². The van der Waals surface area contributed by atoms with Gasteiger partial charge in [0.1, 0.15) is 0 Å². The Bertz CT molecular complexity index is 1130. The van der Waals surface area contributed by atoms with Crippen molar-refractivity contribution in [2.75, 3.05) is 12.4 Å². The second-order valence-corrected chi connectivity index (χ2v) is 7.72. The molecule has 4 heteroatoms. The number of ether oxygens (including phenoxy) is 2. The molecule has 0 radical (unpaired) electrons. The van der Waals surface area contributed by atoms with Crippen LogP contribution in [0.2, 0.25) is 0 Å². The number of carbonyl (C=O) groups is 1. The fraction of sp³-hybridized carbons (Fsp3) is 0.138. The molecule has 4 nitrogen and oxygen atoms in total. The Labute approximate surface area is 194 Å². The number of hydrogen-bond acceptors (Lipinski definition) is 4. The highest BCUT2D eigenvalue weighted by Gasteiger charge is 2.51. The van der Waals surface area contributed by atoms with Crippen molar-refractivity contribution in [2.24, 2.45) is 0 Å². The van der Waals surface area contributed by atoms with E-state index in [4.69, 9.17) is 9.47 Å².